The molecule has 0 aliphatic carbocycles. The number of likely N-dealkylation sites (tertiary alicyclic amines) is 1. The molecule has 2 fully saturated rings. The van der Waals surface area contributed by atoms with Gasteiger partial charge in [-0.2, -0.15) is 0 Å². The van der Waals surface area contributed by atoms with E-state index >= 15 is 0 Å². The van der Waals surface area contributed by atoms with Gasteiger partial charge in [-0.25, -0.2) is 14.6 Å². The number of hydrogen-bond donors (Lipinski definition) is 0. The zero-order chi connectivity index (χ0) is 21.0. The summed E-state index contributed by atoms with van der Waals surface area (Å²) in [5.41, 5.74) is 0.247. The third-order valence-corrected chi connectivity index (χ3v) is 5.92. The zero-order valence-electron chi connectivity index (χ0n) is 17.3. The van der Waals surface area contributed by atoms with Crippen LogP contribution in [0.4, 0.5) is 4.79 Å². The van der Waals surface area contributed by atoms with E-state index < -0.39 is 11.1 Å². The Morgan fingerprint density at radius 3 is 2.48 bits per heavy atom. The van der Waals surface area contributed by atoms with Crippen LogP contribution in [0.15, 0.2) is 16.9 Å². The summed E-state index contributed by atoms with van der Waals surface area (Å²) in [5.74, 6) is 0. The lowest BCUT2D eigenvalue weighted by molar-refractivity contribution is -0.0238. The fraction of sp³-hybridized carbons (Fsp3) is 0.650. The highest BCUT2D eigenvalue weighted by atomic mass is 35.5. The maximum atomic E-state index is 13.4. The van der Waals surface area contributed by atoms with E-state index in [9.17, 15) is 9.59 Å². The van der Waals surface area contributed by atoms with Gasteiger partial charge >= 0.3 is 11.8 Å². The van der Waals surface area contributed by atoms with E-state index in [-0.39, 0.29) is 17.8 Å². The highest BCUT2D eigenvalue weighted by molar-refractivity contribution is 6.29. The van der Waals surface area contributed by atoms with Crippen LogP contribution in [-0.4, -0.2) is 57.0 Å². The number of carbonyl (C=O) groups is 1. The molecule has 1 amide bonds. The van der Waals surface area contributed by atoms with Crippen LogP contribution in [0.25, 0.3) is 11.2 Å². The summed E-state index contributed by atoms with van der Waals surface area (Å²) in [6, 6.07) is 3.57. The third-order valence-electron chi connectivity index (χ3n) is 5.71. The van der Waals surface area contributed by atoms with Gasteiger partial charge in [0, 0.05) is 13.1 Å². The van der Waals surface area contributed by atoms with Crippen LogP contribution in [-0.2, 0) is 15.0 Å². The first-order valence-corrected chi connectivity index (χ1v) is 10.3. The summed E-state index contributed by atoms with van der Waals surface area (Å²) >= 11 is 6.16. The molecule has 0 atom stereocenters. The second-order valence-electron chi connectivity index (χ2n) is 9.12. The quantitative estimate of drug-likeness (QED) is 0.694. The van der Waals surface area contributed by atoms with Gasteiger partial charge in [-0.1, -0.05) is 11.6 Å². The maximum absolute atomic E-state index is 13.4. The molecule has 2 aliphatic heterocycles. The Labute approximate surface area is 174 Å². The molecule has 0 aromatic carbocycles. The Morgan fingerprint density at radius 2 is 1.93 bits per heavy atom. The molecule has 2 aliphatic rings. The molecular weight excluding hydrogens is 396 g/mol. The SMILES string of the molecule is CC(C)(C)OC(=O)N1CCC(C)(n2c(=O)n(C3COC3)c3ccc(Cl)nc32)CC1. The van der Waals surface area contributed by atoms with Crippen LogP contribution in [0.1, 0.15) is 46.6 Å². The molecule has 2 saturated heterocycles. The zero-order valence-corrected chi connectivity index (χ0v) is 18.0. The fourth-order valence-corrected chi connectivity index (χ4v) is 4.15. The fourth-order valence-electron chi connectivity index (χ4n) is 4.00. The first-order chi connectivity index (χ1) is 13.6. The van der Waals surface area contributed by atoms with E-state index in [0.717, 1.165) is 5.52 Å². The monoisotopic (exact) mass is 422 g/mol. The second-order valence-corrected chi connectivity index (χ2v) is 9.51. The Bertz CT molecular complexity index is 994. The molecule has 0 unspecified atom stereocenters. The van der Waals surface area contributed by atoms with Gasteiger partial charge < -0.3 is 14.4 Å². The van der Waals surface area contributed by atoms with Gasteiger partial charge in [0.25, 0.3) is 0 Å². The van der Waals surface area contributed by atoms with Gasteiger partial charge in [0.15, 0.2) is 5.65 Å². The first kappa shape index (κ1) is 20.2. The molecule has 0 spiro atoms. The predicted molar refractivity (Wildman–Crippen MR) is 110 cm³/mol. The molecule has 0 bridgehead atoms. The lowest BCUT2D eigenvalue weighted by Gasteiger charge is -2.40. The van der Waals surface area contributed by atoms with Crippen LogP contribution in [0.3, 0.4) is 0 Å². The van der Waals surface area contributed by atoms with Crippen molar-refractivity contribution < 1.29 is 14.3 Å². The average Bonchev–Trinajstić information content (AvgIpc) is 2.85. The van der Waals surface area contributed by atoms with E-state index in [1.807, 2.05) is 33.8 Å². The average molecular weight is 423 g/mol. The van der Waals surface area contributed by atoms with Crippen molar-refractivity contribution in [3.05, 3.63) is 27.8 Å². The summed E-state index contributed by atoms with van der Waals surface area (Å²) in [6.07, 6.45) is 0.934. The molecule has 29 heavy (non-hydrogen) atoms. The number of imidazole rings is 1. The predicted octanol–water partition coefficient (Wildman–Crippen LogP) is 3.17. The van der Waals surface area contributed by atoms with Crippen molar-refractivity contribution in [1.29, 1.82) is 0 Å². The Kier molecular flexibility index (Phi) is 4.90. The normalized spacial score (nSPS) is 20.0. The minimum absolute atomic E-state index is 0.0136. The Hall–Kier alpha value is -2.06. The van der Waals surface area contributed by atoms with Gasteiger partial charge in [-0.05, 0) is 52.7 Å². The molecular formula is C20H27ClN4O4. The smallest absolute Gasteiger partial charge is 0.410 e. The van der Waals surface area contributed by atoms with Crippen molar-refractivity contribution in [3.63, 3.8) is 0 Å². The molecule has 0 radical (unpaired) electrons. The van der Waals surface area contributed by atoms with Gasteiger partial charge in [-0.3, -0.25) is 9.13 Å². The molecule has 9 heteroatoms. The van der Waals surface area contributed by atoms with Crippen LogP contribution >= 0.6 is 11.6 Å². The van der Waals surface area contributed by atoms with Crippen LogP contribution in [0.5, 0.6) is 0 Å². The summed E-state index contributed by atoms with van der Waals surface area (Å²) < 4.78 is 14.3. The van der Waals surface area contributed by atoms with Crippen LogP contribution in [0.2, 0.25) is 5.15 Å². The van der Waals surface area contributed by atoms with Crippen molar-refractivity contribution in [1.82, 2.24) is 19.0 Å². The number of fused-ring (bicyclic) bond motifs is 1. The maximum Gasteiger partial charge on any atom is 0.410 e. The van der Waals surface area contributed by atoms with E-state index in [1.54, 1.807) is 20.1 Å². The number of amides is 1. The summed E-state index contributed by atoms with van der Waals surface area (Å²) in [6.45, 7) is 9.67. The highest BCUT2D eigenvalue weighted by Crippen LogP contribution is 2.33. The van der Waals surface area contributed by atoms with Crippen molar-refractivity contribution in [2.24, 2.45) is 0 Å². The summed E-state index contributed by atoms with van der Waals surface area (Å²) in [5, 5.41) is 0.350. The number of nitrogens with zero attached hydrogens (tertiary/aromatic N) is 4. The van der Waals surface area contributed by atoms with Gasteiger partial charge in [0.1, 0.15) is 10.8 Å². The van der Waals surface area contributed by atoms with Gasteiger partial charge in [-0.15, -0.1) is 0 Å². The molecule has 4 heterocycles. The number of pyridine rings is 1. The van der Waals surface area contributed by atoms with E-state index in [2.05, 4.69) is 4.98 Å². The number of halogens is 1. The number of ether oxygens (including phenoxy) is 2. The molecule has 2 aromatic heterocycles. The number of aromatic nitrogens is 3. The Morgan fingerprint density at radius 1 is 1.28 bits per heavy atom. The molecule has 2 aromatic rings. The molecule has 0 saturated carbocycles. The first-order valence-electron chi connectivity index (χ1n) is 9.95. The highest BCUT2D eigenvalue weighted by Gasteiger charge is 2.39. The largest absolute Gasteiger partial charge is 0.444 e. The number of piperidine rings is 1. The second kappa shape index (κ2) is 7.02. The topological polar surface area (TPSA) is 78.6 Å². The summed E-state index contributed by atoms with van der Waals surface area (Å²) in [4.78, 5) is 32.0. The third kappa shape index (κ3) is 3.64. The lowest BCUT2D eigenvalue weighted by atomic mass is 9.89. The van der Waals surface area contributed by atoms with Gasteiger partial charge in [0.05, 0.1) is 30.3 Å². The molecule has 0 N–H and O–H groups in total. The van der Waals surface area contributed by atoms with E-state index in [1.165, 1.54) is 0 Å². The van der Waals surface area contributed by atoms with Crippen LogP contribution in [0, 0.1) is 0 Å². The van der Waals surface area contributed by atoms with Crippen molar-refractivity contribution >= 4 is 28.9 Å². The lowest BCUT2D eigenvalue weighted by Crippen LogP contribution is -2.51. The van der Waals surface area contributed by atoms with E-state index in [0.29, 0.717) is 49.9 Å². The molecule has 8 nitrogen and oxygen atoms in total. The van der Waals surface area contributed by atoms with Crippen molar-refractivity contribution in [3.8, 4) is 0 Å². The standard InChI is InChI=1S/C20H27ClN4O4/c1-19(2,3)29-18(27)23-9-7-20(4,8-10-23)25-16-14(5-6-15(21)22-16)24(17(25)26)13-11-28-12-13/h5-6,13H,7-12H2,1-4H3. The minimum Gasteiger partial charge on any atom is -0.444 e. The number of carbonyl (C=O) groups excluding carboxylic acids is 1. The van der Waals surface area contributed by atoms with Crippen molar-refractivity contribution in [2.45, 2.75) is 57.7 Å². The van der Waals surface area contributed by atoms with E-state index in [4.69, 9.17) is 21.1 Å². The number of hydrogen-bond acceptors (Lipinski definition) is 5. The summed E-state index contributed by atoms with van der Waals surface area (Å²) in [7, 11) is 0. The van der Waals surface area contributed by atoms with Crippen molar-refractivity contribution in [2.75, 3.05) is 26.3 Å². The minimum atomic E-state index is -0.534. The molecule has 4 rings (SSSR count). The Balaban J connectivity index is 1.67. The molecule has 158 valence electrons. The van der Waals surface area contributed by atoms with Crippen LogP contribution < -0.4 is 5.69 Å². The van der Waals surface area contributed by atoms with Gasteiger partial charge in [0.2, 0.25) is 0 Å². The number of rotatable bonds is 2.